The molecule has 0 spiro atoms. The number of carboxylic acids is 1. The van der Waals surface area contributed by atoms with E-state index < -0.39 is 5.97 Å². The molecule has 2 rings (SSSR count). The molecule has 0 aromatic carbocycles. The Bertz CT molecular complexity index is 301. The molecule has 1 aromatic rings. The van der Waals surface area contributed by atoms with E-state index in [4.69, 9.17) is 9.84 Å². The largest absolute Gasteiger partial charge is 0.477 e. The Labute approximate surface area is 73.6 Å². The van der Waals surface area contributed by atoms with Gasteiger partial charge in [-0.25, -0.2) is 4.79 Å². The minimum Gasteiger partial charge on any atom is -0.477 e. The van der Waals surface area contributed by atoms with Gasteiger partial charge in [-0.05, 0) is 12.1 Å². The van der Waals surface area contributed by atoms with Crippen LogP contribution in [0.2, 0.25) is 0 Å². The van der Waals surface area contributed by atoms with Crippen molar-refractivity contribution in [2.24, 2.45) is 0 Å². The summed E-state index contributed by atoms with van der Waals surface area (Å²) in [6.07, 6.45) is 0. The molecule has 12 heavy (non-hydrogen) atoms. The highest BCUT2D eigenvalue weighted by atomic mass is 32.1. The zero-order valence-corrected chi connectivity index (χ0v) is 7.13. The molecule has 2 heterocycles. The minimum atomic E-state index is -0.841. The first-order valence-electron chi connectivity index (χ1n) is 3.68. The fourth-order valence-electron chi connectivity index (χ4n) is 1.09. The molecular weight excluding hydrogens is 176 g/mol. The van der Waals surface area contributed by atoms with Gasteiger partial charge < -0.3 is 9.84 Å². The van der Waals surface area contributed by atoms with Crippen molar-refractivity contribution >= 4 is 17.3 Å². The number of hydrogen-bond acceptors (Lipinski definition) is 3. The second kappa shape index (κ2) is 2.88. The van der Waals surface area contributed by atoms with Gasteiger partial charge in [0.05, 0.1) is 13.2 Å². The fraction of sp³-hybridized carbons (Fsp3) is 0.375. The first-order chi connectivity index (χ1) is 5.77. The molecule has 0 unspecified atom stereocenters. The SMILES string of the molecule is O=C(O)c1ccc(C2COC2)s1. The number of carbonyl (C=O) groups is 1. The molecule has 4 heteroatoms. The summed E-state index contributed by atoms with van der Waals surface area (Å²) in [6, 6.07) is 3.53. The fourth-order valence-corrected chi connectivity index (χ4v) is 2.00. The van der Waals surface area contributed by atoms with Gasteiger partial charge in [-0.2, -0.15) is 0 Å². The van der Waals surface area contributed by atoms with Gasteiger partial charge in [-0.1, -0.05) is 0 Å². The third-order valence-electron chi connectivity index (χ3n) is 1.88. The van der Waals surface area contributed by atoms with Crippen LogP contribution in [0.5, 0.6) is 0 Å². The van der Waals surface area contributed by atoms with Crippen LogP contribution >= 0.6 is 11.3 Å². The number of ether oxygens (including phenoxy) is 1. The standard InChI is InChI=1S/C8H8O3S/c9-8(10)7-2-1-6(12-7)5-3-11-4-5/h1-2,5H,3-4H2,(H,9,10). The van der Waals surface area contributed by atoms with E-state index in [1.807, 2.05) is 6.07 Å². The second-order valence-electron chi connectivity index (χ2n) is 2.74. The Morgan fingerprint density at radius 1 is 1.58 bits per heavy atom. The molecule has 0 aliphatic carbocycles. The van der Waals surface area contributed by atoms with Crippen molar-refractivity contribution in [1.82, 2.24) is 0 Å². The topological polar surface area (TPSA) is 46.5 Å². The van der Waals surface area contributed by atoms with E-state index in [9.17, 15) is 4.79 Å². The normalized spacial score (nSPS) is 17.3. The van der Waals surface area contributed by atoms with Gasteiger partial charge in [0.15, 0.2) is 0 Å². The van der Waals surface area contributed by atoms with E-state index in [1.165, 1.54) is 11.3 Å². The lowest BCUT2D eigenvalue weighted by Crippen LogP contribution is -2.23. The van der Waals surface area contributed by atoms with Crippen LogP contribution in [0.4, 0.5) is 0 Å². The Morgan fingerprint density at radius 3 is 2.75 bits per heavy atom. The molecule has 1 aliphatic heterocycles. The maximum absolute atomic E-state index is 10.5. The summed E-state index contributed by atoms with van der Waals surface area (Å²) in [7, 11) is 0. The molecule has 0 amide bonds. The van der Waals surface area contributed by atoms with Crippen molar-refractivity contribution in [3.05, 3.63) is 21.9 Å². The number of carboxylic acid groups (broad SMARTS) is 1. The van der Waals surface area contributed by atoms with Gasteiger partial charge in [0.25, 0.3) is 0 Å². The van der Waals surface area contributed by atoms with Crippen molar-refractivity contribution in [3.63, 3.8) is 0 Å². The quantitative estimate of drug-likeness (QED) is 0.758. The molecule has 0 bridgehead atoms. The van der Waals surface area contributed by atoms with Crippen LogP contribution in [0.3, 0.4) is 0 Å². The summed E-state index contributed by atoms with van der Waals surface area (Å²) in [5.41, 5.74) is 0. The molecule has 1 aliphatic rings. The van der Waals surface area contributed by atoms with Crippen LogP contribution in [-0.4, -0.2) is 24.3 Å². The zero-order valence-electron chi connectivity index (χ0n) is 6.32. The van der Waals surface area contributed by atoms with Crippen LogP contribution in [0.25, 0.3) is 0 Å². The maximum Gasteiger partial charge on any atom is 0.345 e. The average molecular weight is 184 g/mol. The first kappa shape index (κ1) is 7.76. The Kier molecular flexibility index (Phi) is 1.86. The van der Waals surface area contributed by atoms with Gasteiger partial charge in [0.2, 0.25) is 0 Å². The van der Waals surface area contributed by atoms with Crippen molar-refractivity contribution in [2.45, 2.75) is 5.92 Å². The van der Waals surface area contributed by atoms with E-state index in [0.717, 1.165) is 18.1 Å². The van der Waals surface area contributed by atoms with Crippen molar-refractivity contribution in [1.29, 1.82) is 0 Å². The lowest BCUT2D eigenvalue weighted by Gasteiger charge is -2.24. The van der Waals surface area contributed by atoms with Gasteiger partial charge in [-0.15, -0.1) is 11.3 Å². The van der Waals surface area contributed by atoms with Crippen molar-refractivity contribution < 1.29 is 14.6 Å². The first-order valence-corrected chi connectivity index (χ1v) is 4.50. The van der Waals surface area contributed by atoms with E-state index in [2.05, 4.69) is 0 Å². The molecule has 3 nitrogen and oxygen atoms in total. The molecule has 1 fully saturated rings. The highest BCUT2D eigenvalue weighted by Gasteiger charge is 2.22. The lowest BCUT2D eigenvalue weighted by molar-refractivity contribution is 0.00987. The minimum absolute atomic E-state index is 0.414. The Hall–Kier alpha value is -0.870. The predicted molar refractivity (Wildman–Crippen MR) is 44.8 cm³/mol. The summed E-state index contributed by atoms with van der Waals surface area (Å²) in [6.45, 7) is 1.47. The third-order valence-corrected chi connectivity index (χ3v) is 3.11. The van der Waals surface area contributed by atoms with Crippen LogP contribution in [0.15, 0.2) is 12.1 Å². The molecule has 0 saturated carbocycles. The number of thiophene rings is 1. The highest BCUT2D eigenvalue weighted by molar-refractivity contribution is 7.14. The summed E-state index contributed by atoms with van der Waals surface area (Å²) in [5.74, 6) is -0.408. The third kappa shape index (κ3) is 1.23. The van der Waals surface area contributed by atoms with Crippen LogP contribution < -0.4 is 0 Å². The molecular formula is C8H8O3S. The molecule has 1 aromatic heterocycles. The van der Waals surface area contributed by atoms with Crippen molar-refractivity contribution in [2.75, 3.05) is 13.2 Å². The van der Waals surface area contributed by atoms with E-state index in [0.29, 0.717) is 10.8 Å². The smallest absolute Gasteiger partial charge is 0.345 e. The molecule has 0 atom stereocenters. The maximum atomic E-state index is 10.5. The van der Waals surface area contributed by atoms with Crippen molar-refractivity contribution in [3.8, 4) is 0 Å². The van der Waals surface area contributed by atoms with Crippen LogP contribution in [0.1, 0.15) is 20.5 Å². The number of aromatic carboxylic acids is 1. The highest BCUT2D eigenvalue weighted by Crippen LogP contribution is 2.29. The number of hydrogen-bond donors (Lipinski definition) is 1. The second-order valence-corrected chi connectivity index (χ2v) is 3.86. The van der Waals surface area contributed by atoms with Gasteiger partial charge in [-0.3, -0.25) is 0 Å². The summed E-state index contributed by atoms with van der Waals surface area (Å²) in [4.78, 5) is 12.1. The monoisotopic (exact) mass is 184 g/mol. The lowest BCUT2D eigenvalue weighted by atomic mass is 10.1. The summed E-state index contributed by atoms with van der Waals surface area (Å²) < 4.78 is 5.02. The van der Waals surface area contributed by atoms with E-state index >= 15 is 0 Å². The van der Waals surface area contributed by atoms with Crippen LogP contribution in [-0.2, 0) is 4.74 Å². The van der Waals surface area contributed by atoms with Gasteiger partial charge >= 0.3 is 5.97 Å². The number of rotatable bonds is 2. The van der Waals surface area contributed by atoms with E-state index in [-0.39, 0.29) is 0 Å². The summed E-state index contributed by atoms with van der Waals surface area (Å²) in [5, 5.41) is 8.65. The zero-order chi connectivity index (χ0) is 8.55. The molecule has 1 N–H and O–H groups in total. The van der Waals surface area contributed by atoms with E-state index in [1.54, 1.807) is 6.07 Å². The van der Waals surface area contributed by atoms with Crippen LogP contribution in [0, 0.1) is 0 Å². The van der Waals surface area contributed by atoms with Gasteiger partial charge in [0, 0.05) is 10.8 Å². The molecule has 64 valence electrons. The molecule has 1 saturated heterocycles. The Morgan fingerprint density at radius 2 is 2.33 bits per heavy atom. The molecule has 0 radical (unpaired) electrons. The van der Waals surface area contributed by atoms with Gasteiger partial charge in [0.1, 0.15) is 4.88 Å². The predicted octanol–water partition coefficient (Wildman–Crippen LogP) is 1.56. The summed E-state index contributed by atoms with van der Waals surface area (Å²) >= 11 is 1.35. The average Bonchev–Trinajstić information content (AvgIpc) is 2.32. The Balaban J connectivity index is 2.17.